The van der Waals surface area contributed by atoms with Gasteiger partial charge in [-0.2, -0.15) is 13.2 Å². The van der Waals surface area contributed by atoms with Crippen molar-refractivity contribution in [3.63, 3.8) is 0 Å². The third kappa shape index (κ3) is 4.93. The predicted octanol–water partition coefficient (Wildman–Crippen LogP) is 5.17. The van der Waals surface area contributed by atoms with Gasteiger partial charge in [-0.25, -0.2) is 0 Å². The SMILES string of the molecule is Cc1cc(C2=NOC(c3cc(Cl)cc(Cl)c3)(C(F)(F)F)C2)ccc1C(=O)CCC(O)CN. The summed E-state index contributed by atoms with van der Waals surface area (Å²) < 4.78 is 42.4. The van der Waals surface area contributed by atoms with E-state index in [-0.39, 0.29) is 46.5 Å². The van der Waals surface area contributed by atoms with Crippen LogP contribution in [-0.4, -0.2) is 35.4 Å². The highest BCUT2D eigenvalue weighted by atomic mass is 35.5. The Morgan fingerprint density at radius 1 is 1.25 bits per heavy atom. The Morgan fingerprint density at radius 2 is 1.91 bits per heavy atom. The molecule has 1 heterocycles. The Kier molecular flexibility index (Phi) is 7.19. The number of carbonyl (C=O) groups is 1. The number of halogens is 5. The number of oxime groups is 1. The number of rotatable bonds is 7. The summed E-state index contributed by atoms with van der Waals surface area (Å²) >= 11 is 11.8. The molecule has 1 aliphatic rings. The van der Waals surface area contributed by atoms with Crippen molar-refractivity contribution in [3.8, 4) is 0 Å². The molecule has 0 spiro atoms. The summed E-state index contributed by atoms with van der Waals surface area (Å²) in [5.74, 6) is -0.190. The van der Waals surface area contributed by atoms with E-state index in [1.165, 1.54) is 18.2 Å². The summed E-state index contributed by atoms with van der Waals surface area (Å²) in [4.78, 5) is 17.4. The van der Waals surface area contributed by atoms with Gasteiger partial charge in [-0.3, -0.25) is 4.79 Å². The molecule has 2 atom stereocenters. The number of ketones is 1. The van der Waals surface area contributed by atoms with E-state index in [4.69, 9.17) is 33.8 Å². The van der Waals surface area contributed by atoms with Gasteiger partial charge in [0.2, 0.25) is 0 Å². The number of hydrogen-bond acceptors (Lipinski definition) is 5. The molecule has 0 fully saturated rings. The molecule has 32 heavy (non-hydrogen) atoms. The smallest absolute Gasteiger partial charge is 0.392 e. The second-order valence-corrected chi connectivity index (χ2v) is 8.54. The standard InChI is InChI=1S/C22H21Cl2F3N2O3/c1-12-6-13(2-4-18(12)20(31)5-3-17(30)11-28)19-10-21(32-29-19,22(25,26)27)14-7-15(23)9-16(24)8-14/h2,4,6-9,17,30H,3,5,10-11,28H2,1H3. The van der Waals surface area contributed by atoms with Gasteiger partial charge in [0.05, 0.1) is 11.8 Å². The van der Waals surface area contributed by atoms with E-state index in [2.05, 4.69) is 5.16 Å². The van der Waals surface area contributed by atoms with Gasteiger partial charge in [0, 0.05) is 40.6 Å². The highest BCUT2D eigenvalue weighted by Gasteiger charge is 2.62. The highest BCUT2D eigenvalue weighted by molar-refractivity contribution is 6.34. The minimum absolute atomic E-state index is 0.0478. The normalized spacial score (nSPS) is 19.4. The van der Waals surface area contributed by atoms with Gasteiger partial charge in [0.1, 0.15) is 0 Å². The number of Topliss-reactive ketones (excluding diaryl/α,β-unsaturated/α-hetero) is 1. The van der Waals surface area contributed by atoms with Crippen molar-refractivity contribution in [3.05, 3.63) is 68.7 Å². The summed E-state index contributed by atoms with van der Waals surface area (Å²) in [6, 6.07) is 8.29. The quantitative estimate of drug-likeness (QED) is 0.526. The van der Waals surface area contributed by atoms with Gasteiger partial charge < -0.3 is 15.7 Å². The molecule has 1 aliphatic heterocycles. The molecule has 0 saturated carbocycles. The number of alkyl halides is 3. The molecule has 0 saturated heterocycles. The van der Waals surface area contributed by atoms with Gasteiger partial charge in [0.15, 0.2) is 5.78 Å². The number of benzene rings is 2. The number of aliphatic hydroxyl groups excluding tert-OH is 1. The first-order chi connectivity index (χ1) is 15.0. The fourth-order valence-corrected chi connectivity index (χ4v) is 4.08. The van der Waals surface area contributed by atoms with Crippen LogP contribution in [0.2, 0.25) is 10.0 Å². The first kappa shape index (κ1) is 24.5. The van der Waals surface area contributed by atoms with Gasteiger partial charge in [-0.05, 0) is 48.7 Å². The van der Waals surface area contributed by atoms with Crippen molar-refractivity contribution in [1.29, 1.82) is 0 Å². The molecular formula is C22H21Cl2F3N2O3. The lowest BCUT2D eigenvalue weighted by Gasteiger charge is -2.29. The van der Waals surface area contributed by atoms with E-state index in [1.807, 2.05) is 0 Å². The lowest BCUT2D eigenvalue weighted by Crippen LogP contribution is -2.42. The van der Waals surface area contributed by atoms with Crippen LogP contribution < -0.4 is 5.73 Å². The third-order valence-corrected chi connectivity index (χ3v) is 5.79. The summed E-state index contributed by atoms with van der Waals surface area (Å²) in [5, 5.41) is 13.4. The number of aryl methyl sites for hydroxylation is 1. The van der Waals surface area contributed by atoms with Gasteiger partial charge in [0.25, 0.3) is 5.60 Å². The molecule has 3 N–H and O–H groups in total. The summed E-state index contributed by atoms with van der Waals surface area (Å²) in [7, 11) is 0. The lowest BCUT2D eigenvalue weighted by atomic mass is 9.86. The Balaban J connectivity index is 1.87. The fraction of sp³-hybridized carbons (Fsp3) is 0.364. The second-order valence-electron chi connectivity index (χ2n) is 7.67. The van der Waals surface area contributed by atoms with Gasteiger partial charge >= 0.3 is 6.18 Å². The van der Waals surface area contributed by atoms with Crippen LogP contribution in [0.15, 0.2) is 41.6 Å². The summed E-state index contributed by atoms with van der Waals surface area (Å²) in [6.45, 7) is 1.74. The van der Waals surface area contributed by atoms with Crippen LogP contribution in [0.1, 0.15) is 46.3 Å². The molecule has 3 rings (SSSR count). The largest absolute Gasteiger partial charge is 0.435 e. The maximum atomic E-state index is 14.1. The van der Waals surface area contributed by atoms with Crippen LogP contribution >= 0.6 is 23.2 Å². The van der Waals surface area contributed by atoms with E-state index in [0.717, 1.165) is 12.1 Å². The van der Waals surface area contributed by atoms with Crippen LogP contribution in [0.25, 0.3) is 0 Å². The molecule has 0 bridgehead atoms. The zero-order chi connectivity index (χ0) is 23.7. The summed E-state index contributed by atoms with van der Waals surface area (Å²) in [6.07, 6.45) is -5.80. The Hall–Kier alpha value is -2.13. The topological polar surface area (TPSA) is 84.9 Å². The molecule has 2 aromatic rings. The van der Waals surface area contributed by atoms with Crippen molar-refractivity contribution in [2.45, 2.75) is 44.1 Å². The van der Waals surface area contributed by atoms with Crippen molar-refractivity contribution < 1.29 is 27.9 Å². The molecule has 2 aromatic carbocycles. The monoisotopic (exact) mass is 488 g/mol. The molecule has 0 radical (unpaired) electrons. The van der Waals surface area contributed by atoms with Crippen molar-refractivity contribution in [2.24, 2.45) is 10.9 Å². The van der Waals surface area contributed by atoms with Gasteiger partial charge in [-0.1, -0.05) is 40.5 Å². The Labute approximate surface area is 192 Å². The molecule has 10 heteroatoms. The van der Waals surface area contributed by atoms with E-state index in [0.29, 0.717) is 16.7 Å². The Bertz CT molecular complexity index is 1040. The van der Waals surface area contributed by atoms with Crippen LogP contribution in [0, 0.1) is 6.92 Å². The molecule has 0 aromatic heterocycles. The van der Waals surface area contributed by atoms with Crippen LogP contribution in [-0.2, 0) is 10.4 Å². The van der Waals surface area contributed by atoms with E-state index in [9.17, 15) is 23.1 Å². The molecule has 0 aliphatic carbocycles. The second kappa shape index (κ2) is 9.39. The number of hydrogen-bond donors (Lipinski definition) is 2. The minimum Gasteiger partial charge on any atom is -0.392 e. The molecule has 0 amide bonds. The van der Waals surface area contributed by atoms with Crippen LogP contribution in [0.5, 0.6) is 0 Å². The van der Waals surface area contributed by atoms with Crippen LogP contribution in [0.4, 0.5) is 13.2 Å². The van der Waals surface area contributed by atoms with E-state index >= 15 is 0 Å². The summed E-state index contributed by atoms with van der Waals surface area (Å²) in [5.41, 5.74) is 3.85. The zero-order valence-electron chi connectivity index (χ0n) is 17.0. The highest BCUT2D eigenvalue weighted by Crippen LogP contribution is 2.49. The van der Waals surface area contributed by atoms with Crippen molar-refractivity contribution in [1.82, 2.24) is 0 Å². The average Bonchev–Trinajstić information content (AvgIpc) is 3.18. The minimum atomic E-state index is -4.79. The lowest BCUT2D eigenvalue weighted by molar-refractivity contribution is -0.275. The van der Waals surface area contributed by atoms with Crippen molar-refractivity contribution >= 4 is 34.7 Å². The molecule has 172 valence electrons. The fourth-order valence-electron chi connectivity index (χ4n) is 3.55. The number of carbonyl (C=O) groups excluding carboxylic acids is 1. The number of nitrogens with zero attached hydrogens (tertiary/aromatic N) is 1. The first-order valence-electron chi connectivity index (χ1n) is 9.77. The zero-order valence-corrected chi connectivity index (χ0v) is 18.6. The molecule has 2 unspecified atom stereocenters. The molecular weight excluding hydrogens is 468 g/mol. The van der Waals surface area contributed by atoms with Crippen LogP contribution in [0.3, 0.4) is 0 Å². The number of nitrogens with two attached hydrogens (primary N) is 1. The maximum Gasteiger partial charge on any atom is 0.435 e. The van der Waals surface area contributed by atoms with Crippen molar-refractivity contribution in [2.75, 3.05) is 6.54 Å². The maximum absolute atomic E-state index is 14.1. The molecule has 5 nitrogen and oxygen atoms in total. The first-order valence-corrected chi connectivity index (χ1v) is 10.5. The number of aliphatic hydroxyl groups is 1. The van der Waals surface area contributed by atoms with E-state index < -0.39 is 24.3 Å². The van der Waals surface area contributed by atoms with E-state index in [1.54, 1.807) is 13.0 Å². The average molecular weight is 489 g/mol. The Morgan fingerprint density at radius 3 is 2.47 bits per heavy atom. The van der Waals surface area contributed by atoms with Gasteiger partial charge in [-0.15, -0.1) is 0 Å². The third-order valence-electron chi connectivity index (χ3n) is 5.35. The predicted molar refractivity (Wildman–Crippen MR) is 116 cm³/mol.